The molecule has 1 aromatic carbocycles. The summed E-state index contributed by atoms with van der Waals surface area (Å²) < 4.78 is 5.86. The SMILES string of the molecule is CC(C)Oc1cccc(C2CC(C(C)C)CCC2CN)c1. The summed E-state index contributed by atoms with van der Waals surface area (Å²) in [6, 6.07) is 8.67. The average molecular weight is 289 g/mol. The van der Waals surface area contributed by atoms with E-state index >= 15 is 0 Å². The summed E-state index contributed by atoms with van der Waals surface area (Å²) in [5.41, 5.74) is 7.45. The van der Waals surface area contributed by atoms with Crippen molar-refractivity contribution in [2.45, 2.75) is 59.0 Å². The van der Waals surface area contributed by atoms with Crippen LogP contribution in [0, 0.1) is 17.8 Å². The molecule has 1 aliphatic carbocycles. The van der Waals surface area contributed by atoms with Crippen LogP contribution < -0.4 is 10.5 Å². The van der Waals surface area contributed by atoms with Gasteiger partial charge in [0, 0.05) is 0 Å². The molecule has 2 nitrogen and oxygen atoms in total. The van der Waals surface area contributed by atoms with Gasteiger partial charge in [-0.1, -0.05) is 26.0 Å². The molecule has 118 valence electrons. The van der Waals surface area contributed by atoms with Gasteiger partial charge in [0.25, 0.3) is 0 Å². The summed E-state index contributed by atoms with van der Waals surface area (Å²) >= 11 is 0. The van der Waals surface area contributed by atoms with Crippen molar-refractivity contribution in [3.63, 3.8) is 0 Å². The van der Waals surface area contributed by atoms with Gasteiger partial charge in [0.15, 0.2) is 0 Å². The maximum absolute atomic E-state index is 6.04. The first-order chi connectivity index (χ1) is 10.0. The van der Waals surface area contributed by atoms with Gasteiger partial charge in [-0.2, -0.15) is 0 Å². The molecule has 1 saturated carbocycles. The molecule has 0 aliphatic heterocycles. The standard InChI is InChI=1S/C19H31NO/c1-13(2)15-8-9-17(12-20)19(11-15)16-6-5-7-18(10-16)21-14(3)4/h5-7,10,13-15,17,19H,8-9,11-12,20H2,1-4H3. The van der Waals surface area contributed by atoms with Gasteiger partial charge >= 0.3 is 0 Å². The first-order valence-electron chi connectivity index (χ1n) is 8.48. The number of hydrogen-bond donors (Lipinski definition) is 1. The third-order valence-electron chi connectivity index (χ3n) is 4.94. The fourth-order valence-corrected chi connectivity index (χ4v) is 3.65. The third kappa shape index (κ3) is 4.23. The molecule has 3 atom stereocenters. The number of benzene rings is 1. The van der Waals surface area contributed by atoms with Crippen LogP contribution in [0.15, 0.2) is 24.3 Å². The maximum atomic E-state index is 6.04. The summed E-state index contributed by atoms with van der Waals surface area (Å²) in [7, 11) is 0. The normalized spacial score (nSPS) is 26.3. The van der Waals surface area contributed by atoms with E-state index in [1.807, 2.05) is 0 Å². The van der Waals surface area contributed by atoms with E-state index in [0.717, 1.165) is 24.1 Å². The summed E-state index contributed by atoms with van der Waals surface area (Å²) in [6.45, 7) is 9.64. The van der Waals surface area contributed by atoms with Crippen molar-refractivity contribution < 1.29 is 4.74 Å². The van der Waals surface area contributed by atoms with Gasteiger partial charge in [-0.25, -0.2) is 0 Å². The second-order valence-electron chi connectivity index (χ2n) is 7.16. The van der Waals surface area contributed by atoms with Gasteiger partial charge in [-0.3, -0.25) is 0 Å². The highest BCUT2D eigenvalue weighted by Gasteiger charge is 2.32. The van der Waals surface area contributed by atoms with Crippen molar-refractivity contribution >= 4 is 0 Å². The lowest BCUT2D eigenvalue weighted by Crippen LogP contribution is -2.30. The lowest BCUT2D eigenvalue weighted by Gasteiger charge is -2.38. The Bertz CT molecular complexity index is 441. The van der Waals surface area contributed by atoms with E-state index < -0.39 is 0 Å². The molecule has 21 heavy (non-hydrogen) atoms. The number of hydrogen-bond acceptors (Lipinski definition) is 2. The zero-order valence-corrected chi connectivity index (χ0v) is 14.0. The van der Waals surface area contributed by atoms with Crippen LogP contribution in [-0.2, 0) is 0 Å². The molecule has 0 amide bonds. The van der Waals surface area contributed by atoms with Crippen LogP contribution in [0.1, 0.15) is 58.4 Å². The van der Waals surface area contributed by atoms with E-state index in [4.69, 9.17) is 10.5 Å². The van der Waals surface area contributed by atoms with Crippen molar-refractivity contribution in [2.24, 2.45) is 23.5 Å². The van der Waals surface area contributed by atoms with E-state index in [9.17, 15) is 0 Å². The van der Waals surface area contributed by atoms with Crippen LogP contribution >= 0.6 is 0 Å². The monoisotopic (exact) mass is 289 g/mol. The van der Waals surface area contributed by atoms with Gasteiger partial charge in [-0.05, 0) is 81.0 Å². The molecule has 1 aliphatic rings. The minimum Gasteiger partial charge on any atom is -0.491 e. The van der Waals surface area contributed by atoms with Gasteiger partial charge in [0.1, 0.15) is 5.75 Å². The first kappa shape index (κ1) is 16.4. The number of nitrogens with two attached hydrogens (primary N) is 1. The van der Waals surface area contributed by atoms with E-state index in [-0.39, 0.29) is 6.10 Å². The second kappa shape index (κ2) is 7.31. The summed E-state index contributed by atoms with van der Waals surface area (Å²) in [6.07, 6.45) is 4.09. The van der Waals surface area contributed by atoms with Gasteiger partial charge in [0.2, 0.25) is 0 Å². The Hall–Kier alpha value is -1.02. The van der Waals surface area contributed by atoms with Gasteiger partial charge in [-0.15, -0.1) is 0 Å². The molecule has 0 spiro atoms. The molecule has 0 saturated heterocycles. The first-order valence-corrected chi connectivity index (χ1v) is 8.48. The summed E-state index contributed by atoms with van der Waals surface area (Å²) in [4.78, 5) is 0. The predicted octanol–water partition coefficient (Wildman–Crippen LogP) is 4.59. The van der Waals surface area contributed by atoms with Gasteiger partial charge < -0.3 is 10.5 Å². The van der Waals surface area contributed by atoms with Crippen molar-refractivity contribution in [3.05, 3.63) is 29.8 Å². The molecule has 0 bridgehead atoms. The van der Waals surface area contributed by atoms with Crippen molar-refractivity contribution in [3.8, 4) is 5.75 Å². The lowest BCUT2D eigenvalue weighted by molar-refractivity contribution is 0.196. The minimum absolute atomic E-state index is 0.223. The number of rotatable bonds is 5. The molecular formula is C19H31NO. The van der Waals surface area contributed by atoms with Crippen LogP contribution in [0.25, 0.3) is 0 Å². The highest BCUT2D eigenvalue weighted by atomic mass is 16.5. The molecule has 2 rings (SSSR count). The molecule has 1 aromatic rings. The van der Waals surface area contributed by atoms with E-state index in [1.54, 1.807) is 0 Å². The second-order valence-corrected chi connectivity index (χ2v) is 7.16. The van der Waals surface area contributed by atoms with Gasteiger partial charge in [0.05, 0.1) is 6.10 Å². The fourth-order valence-electron chi connectivity index (χ4n) is 3.65. The molecule has 0 aromatic heterocycles. The van der Waals surface area contributed by atoms with E-state index in [0.29, 0.717) is 11.8 Å². The largest absolute Gasteiger partial charge is 0.491 e. The summed E-state index contributed by atoms with van der Waals surface area (Å²) in [5, 5.41) is 0. The fraction of sp³-hybridized carbons (Fsp3) is 0.684. The van der Waals surface area contributed by atoms with Crippen LogP contribution in [0.4, 0.5) is 0 Å². The quantitative estimate of drug-likeness (QED) is 0.860. The molecule has 0 radical (unpaired) electrons. The van der Waals surface area contributed by atoms with Crippen LogP contribution in [0.5, 0.6) is 5.75 Å². The van der Waals surface area contributed by atoms with E-state index in [2.05, 4.69) is 52.0 Å². The van der Waals surface area contributed by atoms with Crippen LogP contribution in [-0.4, -0.2) is 12.6 Å². The Labute approximate surface area is 130 Å². The van der Waals surface area contributed by atoms with Crippen molar-refractivity contribution in [2.75, 3.05) is 6.54 Å². The topological polar surface area (TPSA) is 35.2 Å². The Morgan fingerprint density at radius 1 is 1.19 bits per heavy atom. The lowest BCUT2D eigenvalue weighted by atomic mass is 9.68. The molecular weight excluding hydrogens is 258 g/mol. The number of ether oxygens (including phenoxy) is 1. The molecule has 3 unspecified atom stereocenters. The summed E-state index contributed by atoms with van der Waals surface area (Å²) in [5.74, 6) is 3.79. The van der Waals surface area contributed by atoms with Crippen molar-refractivity contribution in [1.82, 2.24) is 0 Å². The third-order valence-corrected chi connectivity index (χ3v) is 4.94. The smallest absolute Gasteiger partial charge is 0.119 e. The molecule has 2 heteroatoms. The van der Waals surface area contributed by atoms with E-state index in [1.165, 1.54) is 24.8 Å². The Kier molecular flexibility index (Phi) is 5.69. The minimum atomic E-state index is 0.223. The predicted molar refractivity (Wildman–Crippen MR) is 89.7 cm³/mol. The maximum Gasteiger partial charge on any atom is 0.119 e. The zero-order valence-electron chi connectivity index (χ0n) is 14.0. The molecule has 0 heterocycles. The highest BCUT2D eigenvalue weighted by Crippen LogP contribution is 2.43. The molecule has 2 N–H and O–H groups in total. The average Bonchev–Trinajstić information content (AvgIpc) is 2.46. The Balaban J connectivity index is 2.19. The van der Waals surface area contributed by atoms with Crippen molar-refractivity contribution in [1.29, 1.82) is 0 Å². The Morgan fingerprint density at radius 3 is 2.57 bits per heavy atom. The van der Waals surface area contributed by atoms with Crippen LogP contribution in [0.2, 0.25) is 0 Å². The highest BCUT2D eigenvalue weighted by molar-refractivity contribution is 5.32. The molecule has 1 fully saturated rings. The Morgan fingerprint density at radius 2 is 1.95 bits per heavy atom. The van der Waals surface area contributed by atoms with Crippen LogP contribution in [0.3, 0.4) is 0 Å². The zero-order chi connectivity index (χ0) is 15.4.